The molecule has 9 heteroatoms. The highest BCUT2D eigenvalue weighted by atomic mass is 32.1. The maximum absolute atomic E-state index is 5.87. The second-order valence-electron chi connectivity index (χ2n) is 7.54. The SMILES string of the molecule is COC[C@@]1(OC)CCc2c(sc3ncnc(Nc4cc5cn[nH]c5cc4OC)c23)C1. The molecule has 3 heterocycles. The van der Waals surface area contributed by atoms with Crippen LogP contribution in [-0.2, 0) is 22.3 Å². The second-order valence-corrected chi connectivity index (χ2v) is 8.62. The summed E-state index contributed by atoms with van der Waals surface area (Å²) < 4.78 is 16.9. The van der Waals surface area contributed by atoms with E-state index in [1.54, 1.807) is 45.2 Å². The van der Waals surface area contributed by atoms with Crippen LogP contribution in [0.5, 0.6) is 5.75 Å². The first-order valence-corrected chi connectivity index (χ1v) is 10.6. The van der Waals surface area contributed by atoms with E-state index in [2.05, 4.69) is 25.5 Å². The molecule has 30 heavy (non-hydrogen) atoms. The molecule has 0 saturated carbocycles. The molecule has 0 aliphatic heterocycles. The number of ether oxygens (including phenoxy) is 3. The molecule has 2 N–H and O–H groups in total. The molecule has 8 nitrogen and oxygen atoms in total. The molecule has 0 radical (unpaired) electrons. The van der Waals surface area contributed by atoms with E-state index in [-0.39, 0.29) is 5.60 Å². The Balaban J connectivity index is 1.57. The molecule has 1 atom stereocenters. The summed E-state index contributed by atoms with van der Waals surface area (Å²) in [5.74, 6) is 1.51. The molecule has 0 bridgehead atoms. The lowest BCUT2D eigenvalue weighted by atomic mass is 9.84. The van der Waals surface area contributed by atoms with Gasteiger partial charge in [0, 0.05) is 37.0 Å². The number of fused-ring (bicyclic) bond motifs is 4. The van der Waals surface area contributed by atoms with Crippen LogP contribution < -0.4 is 10.1 Å². The quantitative estimate of drug-likeness (QED) is 0.485. The summed E-state index contributed by atoms with van der Waals surface area (Å²) >= 11 is 1.71. The Hall–Kier alpha value is -2.75. The van der Waals surface area contributed by atoms with Crippen molar-refractivity contribution < 1.29 is 14.2 Å². The number of benzene rings is 1. The first kappa shape index (κ1) is 19.2. The van der Waals surface area contributed by atoms with E-state index >= 15 is 0 Å². The molecule has 0 unspecified atom stereocenters. The summed E-state index contributed by atoms with van der Waals surface area (Å²) in [6.07, 6.45) is 6.01. The minimum Gasteiger partial charge on any atom is -0.494 e. The molecule has 0 amide bonds. The Labute approximate surface area is 177 Å². The number of hydrogen-bond acceptors (Lipinski definition) is 8. The summed E-state index contributed by atoms with van der Waals surface area (Å²) in [6, 6.07) is 3.95. The van der Waals surface area contributed by atoms with Crippen molar-refractivity contribution in [1.29, 1.82) is 0 Å². The lowest BCUT2D eigenvalue weighted by Gasteiger charge is -2.35. The third kappa shape index (κ3) is 3.10. The molecule has 0 fully saturated rings. The molecule has 1 aromatic carbocycles. The fourth-order valence-electron chi connectivity index (χ4n) is 4.26. The van der Waals surface area contributed by atoms with Crippen molar-refractivity contribution in [2.24, 2.45) is 0 Å². The Morgan fingerprint density at radius 2 is 2.13 bits per heavy atom. The standard InChI is InChI=1S/C21H23N5O3S/c1-27-10-21(29-3)5-4-13-17(8-21)30-20-18(13)19(22-11-23-20)25-15-6-12-9-24-26-14(12)7-16(15)28-2/h6-7,9,11H,4-5,8,10H2,1-3H3,(H,24,26)(H,22,23,25)/t21-/m1/s1. The van der Waals surface area contributed by atoms with E-state index < -0.39 is 0 Å². The highest BCUT2D eigenvalue weighted by molar-refractivity contribution is 7.19. The Morgan fingerprint density at radius 3 is 2.93 bits per heavy atom. The molecular weight excluding hydrogens is 402 g/mol. The minimum atomic E-state index is -0.279. The van der Waals surface area contributed by atoms with Crippen LogP contribution in [-0.4, -0.2) is 53.7 Å². The Kier molecular flexibility index (Phi) is 4.80. The summed E-state index contributed by atoms with van der Waals surface area (Å²) in [5, 5.41) is 12.6. The van der Waals surface area contributed by atoms with E-state index in [0.717, 1.165) is 57.6 Å². The number of aromatic nitrogens is 4. The van der Waals surface area contributed by atoms with E-state index in [0.29, 0.717) is 6.61 Å². The zero-order valence-electron chi connectivity index (χ0n) is 17.1. The number of thiophene rings is 1. The normalized spacial score (nSPS) is 18.6. The van der Waals surface area contributed by atoms with Gasteiger partial charge in [0.2, 0.25) is 0 Å². The number of anilines is 2. The molecule has 4 aromatic rings. The third-order valence-corrected chi connectivity index (χ3v) is 6.98. The van der Waals surface area contributed by atoms with Gasteiger partial charge in [-0.1, -0.05) is 0 Å². The predicted molar refractivity (Wildman–Crippen MR) is 117 cm³/mol. The third-order valence-electron chi connectivity index (χ3n) is 5.84. The van der Waals surface area contributed by atoms with Gasteiger partial charge in [0.05, 0.1) is 42.1 Å². The Bertz CT molecular complexity index is 1220. The lowest BCUT2D eigenvalue weighted by Crippen LogP contribution is -2.41. The molecule has 3 aromatic heterocycles. The summed E-state index contributed by atoms with van der Waals surface area (Å²) in [6.45, 7) is 0.579. The Morgan fingerprint density at radius 1 is 1.23 bits per heavy atom. The van der Waals surface area contributed by atoms with Crippen molar-refractivity contribution in [2.75, 3.05) is 33.3 Å². The zero-order valence-corrected chi connectivity index (χ0v) is 17.9. The van der Waals surface area contributed by atoms with E-state index in [9.17, 15) is 0 Å². The van der Waals surface area contributed by atoms with Crippen LogP contribution in [0, 0.1) is 0 Å². The van der Waals surface area contributed by atoms with Crippen molar-refractivity contribution >= 4 is 44.0 Å². The highest BCUT2D eigenvalue weighted by Crippen LogP contribution is 2.43. The van der Waals surface area contributed by atoms with Gasteiger partial charge in [-0.2, -0.15) is 5.10 Å². The summed E-state index contributed by atoms with van der Waals surface area (Å²) in [5.41, 5.74) is 2.78. The van der Waals surface area contributed by atoms with Crippen LogP contribution in [0.25, 0.3) is 21.1 Å². The molecule has 0 saturated heterocycles. The van der Waals surface area contributed by atoms with Crippen LogP contribution in [0.4, 0.5) is 11.5 Å². The minimum absolute atomic E-state index is 0.279. The van der Waals surface area contributed by atoms with Gasteiger partial charge in [-0.25, -0.2) is 9.97 Å². The largest absolute Gasteiger partial charge is 0.494 e. The first-order valence-electron chi connectivity index (χ1n) is 9.74. The van der Waals surface area contributed by atoms with Crippen LogP contribution in [0.15, 0.2) is 24.7 Å². The van der Waals surface area contributed by atoms with Crippen LogP contribution in [0.2, 0.25) is 0 Å². The van der Waals surface area contributed by atoms with Gasteiger partial charge >= 0.3 is 0 Å². The molecule has 5 rings (SSSR count). The summed E-state index contributed by atoms with van der Waals surface area (Å²) in [7, 11) is 5.15. The maximum Gasteiger partial charge on any atom is 0.144 e. The number of rotatable bonds is 6. The lowest BCUT2D eigenvalue weighted by molar-refractivity contribution is -0.0714. The average Bonchev–Trinajstić information content (AvgIpc) is 3.36. The number of methoxy groups -OCH3 is 3. The summed E-state index contributed by atoms with van der Waals surface area (Å²) in [4.78, 5) is 11.4. The molecule has 1 aliphatic carbocycles. The molecule has 156 valence electrons. The second kappa shape index (κ2) is 7.50. The number of nitrogens with one attached hydrogen (secondary N) is 2. The van der Waals surface area contributed by atoms with Crippen molar-refractivity contribution in [3.8, 4) is 5.75 Å². The van der Waals surface area contributed by atoms with Gasteiger partial charge in [0.1, 0.15) is 22.7 Å². The van der Waals surface area contributed by atoms with Gasteiger partial charge in [-0.05, 0) is 24.5 Å². The van der Waals surface area contributed by atoms with E-state index in [1.165, 1.54) is 10.4 Å². The number of aromatic amines is 1. The van der Waals surface area contributed by atoms with Crippen molar-refractivity contribution in [3.05, 3.63) is 35.1 Å². The zero-order chi connectivity index (χ0) is 20.7. The number of H-pyrrole nitrogens is 1. The van der Waals surface area contributed by atoms with Crippen LogP contribution >= 0.6 is 11.3 Å². The van der Waals surface area contributed by atoms with Gasteiger partial charge in [-0.3, -0.25) is 5.10 Å². The number of hydrogen-bond donors (Lipinski definition) is 2. The molecule has 0 spiro atoms. The molecule has 1 aliphatic rings. The van der Waals surface area contributed by atoms with Gasteiger partial charge in [0.15, 0.2) is 0 Å². The molecular formula is C21H23N5O3S. The predicted octanol–water partition coefficient (Wildman–Crippen LogP) is 3.84. The monoisotopic (exact) mass is 425 g/mol. The number of nitrogens with zero attached hydrogens (tertiary/aromatic N) is 3. The average molecular weight is 426 g/mol. The van der Waals surface area contributed by atoms with E-state index in [1.807, 2.05) is 12.1 Å². The number of aryl methyl sites for hydroxylation is 1. The van der Waals surface area contributed by atoms with Gasteiger partial charge in [0.25, 0.3) is 0 Å². The van der Waals surface area contributed by atoms with Crippen LogP contribution in [0.3, 0.4) is 0 Å². The fraction of sp³-hybridized carbons (Fsp3) is 0.381. The van der Waals surface area contributed by atoms with Gasteiger partial charge in [-0.15, -0.1) is 11.3 Å². The topological polar surface area (TPSA) is 94.2 Å². The first-order chi connectivity index (χ1) is 14.7. The van der Waals surface area contributed by atoms with Crippen molar-refractivity contribution in [3.63, 3.8) is 0 Å². The van der Waals surface area contributed by atoms with Crippen LogP contribution in [0.1, 0.15) is 16.9 Å². The maximum atomic E-state index is 5.87. The highest BCUT2D eigenvalue weighted by Gasteiger charge is 2.37. The smallest absolute Gasteiger partial charge is 0.144 e. The fourth-order valence-corrected chi connectivity index (χ4v) is 5.58. The van der Waals surface area contributed by atoms with Gasteiger partial charge < -0.3 is 19.5 Å². The van der Waals surface area contributed by atoms with Crippen molar-refractivity contribution in [2.45, 2.75) is 24.9 Å². The van der Waals surface area contributed by atoms with E-state index in [4.69, 9.17) is 14.2 Å². The van der Waals surface area contributed by atoms with Crippen molar-refractivity contribution in [1.82, 2.24) is 20.2 Å².